The summed E-state index contributed by atoms with van der Waals surface area (Å²) < 4.78 is 21.7. The molecule has 0 saturated heterocycles. The van der Waals surface area contributed by atoms with Crippen molar-refractivity contribution in [2.45, 2.75) is 0 Å². The molecule has 0 unspecified atom stereocenters. The molecule has 0 N–H and O–H groups in total. The smallest absolute Gasteiger partial charge is 0.235 e. The maximum Gasteiger partial charge on any atom is 0.235 e. The molecule has 0 radical (unpaired) electrons. The Morgan fingerprint density at radius 3 is 0.979 bits per heavy atom. The van der Waals surface area contributed by atoms with Gasteiger partial charge in [0.05, 0.1) is 44.7 Å². The van der Waals surface area contributed by atoms with Gasteiger partial charge in [-0.25, -0.2) is 29.9 Å². The van der Waals surface area contributed by atoms with Crippen molar-refractivity contribution in [3.8, 4) is 62.0 Å². The number of hydrogen-bond acceptors (Lipinski definition) is 11. The van der Waals surface area contributed by atoms with E-state index in [-0.39, 0.29) is 0 Å². The predicted molar refractivity (Wildman–Crippen MR) is 596 cm³/mol. The van der Waals surface area contributed by atoms with Gasteiger partial charge in [-0.1, -0.05) is 340 Å². The lowest BCUT2D eigenvalue weighted by Gasteiger charge is -2.24. The minimum Gasteiger partial charge on any atom is -0.456 e. The predicted octanol–water partition coefficient (Wildman–Crippen LogP) is 35.9. The Morgan fingerprint density at radius 2 is 0.500 bits per heavy atom. The number of rotatable bonds is 12. The Labute approximate surface area is 824 Å². The maximum atomic E-state index is 6.54. The van der Waals surface area contributed by atoms with Crippen LogP contribution in [0.2, 0.25) is 0 Å². The second kappa shape index (κ2) is 34.3. The monoisotopic (exact) mass is 1840 g/mol. The highest BCUT2D eigenvalue weighted by Gasteiger charge is 2.28. The van der Waals surface area contributed by atoms with Crippen molar-refractivity contribution in [3.63, 3.8) is 0 Å². The molecule has 30 aromatic rings. The van der Waals surface area contributed by atoms with E-state index in [0.717, 1.165) is 182 Å². The van der Waals surface area contributed by atoms with E-state index in [1.165, 1.54) is 81.3 Å². The third kappa shape index (κ3) is 14.4. The van der Waals surface area contributed by atoms with Crippen LogP contribution in [0.25, 0.3) is 247 Å². The first-order chi connectivity index (χ1) is 71.3. The molecule has 0 spiro atoms. The summed E-state index contributed by atoms with van der Waals surface area (Å²) in [4.78, 5) is 35.9. The summed E-state index contributed by atoms with van der Waals surface area (Å²) >= 11 is 0. The molecule has 0 aliphatic heterocycles. The summed E-state index contributed by atoms with van der Waals surface area (Å²) in [5.41, 5.74) is 24.1. The minimum atomic E-state index is 0.600. The lowest BCUT2D eigenvalue weighted by atomic mass is 9.94. The van der Waals surface area contributed by atoms with Crippen LogP contribution in [0.1, 0.15) is 0 Å². The van der Waals surface area contributed by atoms with Gasteiger partial charge in [0.15, 0.2) is 0 Å². The van der Waals surface area contributed by atoms with Gasteiger partial charge in [-0.2, -0.15) is 0 Å². The summed E-state index contributed by atoms with van der Waals surface area (Å²) in [6, 6.07) is 172. The molecule has 0 amide bonds. The van der Waals surface area contributed by atoms with Crippen molar-refractivity contribution < 1.29 is 13.3 Å². The molecule has 7 heterocycles. The fraction of sp³-hybridized carbons (Fsp3) is 0. The number of anilines is 6. The third-order valence-corrected chi connectivity index (χ3v) is 28.2. The molecule has 0 saturated carbocycles. The molecule has 30 rings (SSSR count). The fourth-order valence-corrected chi connectivity index (χ4v) is 21.4. The third-order valence-electron chi connectivity index (χ3n) is 28.2. The van der Waals surface area contributed by atoms with Gasteiger partial charge in [-0.15, -0.1) is 0 Å². The average Bonchev–Trinajstić information content (AvgIpc) is 1.55. The van der Waals surface area contributed by atoms with Crippen LogP contribution < -0.4 is 9.80 Å². The van der Waals surface area contributed by atoms with E-state index in [4.69, 9.17) is 43.2 Å². The molecule has 0 fully saturated rings. The van der Waals surface area contributed by atoms with Crippen molar-refractivity contribution in [1.82, 2.24) is 34.5 Å². The topological polar surface area (TPSA) is 128 Å². The Balaban J connectivity index is 0.000000106. The van der Waals surface area contributed by atoms with Gasteiger partial charge >= 0.3 is 0 Å². The van der Waals surface area contributed by atoms with Crippen LogP contribution in [0.5, 0.6) is 0 Å². The highest BCUT2D eigenvalue weighted by molar-refractivity contribution is 6.30. The summed E-state index contributed by atoms with van der Waals surface area (Å²) in [5, 5.41) is 26.3. The van der Waals surface area contributed by atoms with Gasteiger partial charge in [-0.05, 0) is 239 Å². The van der Waals surface area contributed by atoms with E-state index in [1.54, 1.807) is 0 Å². The van der Waals surface area contributed by atoms with E-state index < -0.39 is 0 Å². The molecule has 0 aliphatic carbocycles. The molecule has 0 bridgehead atoms. The van der Waals surface area contributed by atoms with Crippen LogP contribution in [-0.4, -0.2) is 34.5 Å². The van der Waals surface area contributed by atoms with E-state index in [1.807, 2.05) is 66.7 Å². The molecule has 23 aromatic carbocycles. The summed E-state index contributed by atoms with van der Waals surface area (Å²) in [6.45, 7) is 0. The Hall–Kier alpha value is -19.6. The second-order valence-corrected chi connectivity index (χ2v) is 36.7. The van der Waals surface area contributed by atoms with Crippen LogP contribution in [0.3, 0.4) is 0 Å². The number of fused-ring (bicyclic) bond motifs is 23. The van der Waals surface area contributed by atoms with Crippen LogP contribution in [0, 0.1) is 0 Å². The lowest BCUT2D eigenvalue weighted by molar-refractivity contribution is 0.669. The van der Waals surface area contributed by atoms with Gasteiger partial charge in [0.1, 0.15) is 33.5 Å². The number of benzene rings is 23. The highest BCUT2D eigenvalue weighted by Crippen LogP contribution is 2.49. The number of hydrogen-bond donors (Lipinski definition) is 0. The average molecular weight is 1840 g/mol. The minimum absolute atomic E-state index is 0.600. The van der Waals surface area contributed by atoms with Crippen LogP contribution in [-0.2, 0) is 0 Å². The first-order valence-electron chi connectivity index (χ1n) is 48.5. The fourth-order valence-electron chi connectivity index (χ4n) is 21.4. The number of nitrogens with zero attached hydrogens (tertiary/aromatic N) is 9. The second-order valence-electron chi connectivity index (χ2n) is 36.7. The quantitative estimate of drug-likeness (QED) is 0.116. The first kappa shape index (κ1) is 82.7. The zero-order valence-electron chi connectivity index (χ0n) is 77.5. The standard InChI is InChI=1S/C50H29N3O.C42H27N3O.C40H25N3O/c1-2-12-30(13-3-1)40-29-44-48(38-19-9-8-18-36(38)40)47-35-17-7-6-14-31(35)23-25-43(47)53(44)50-51-42-21-11-10-20-39(42)49(52-50)34-22-24-37-41-26-32-15-4-5-16-33(32)27-46(41)54-45(37)28-34;1-3-11-28(12-4-1)29-19-22-34(23-20-29)45(33-15-5-2-6-16-33)42-43-38-18-10-9-17-36(38)41(44-42)32-21-24-35-37-25-30-13-7-8-14-31(30)26-40(37)46-39(35)27-32;1-2-14-31(15-3-1)43(32-20-18-26-10-4-5-11-27(26)22-32)40-41-36-17-9-8-16-34(36)39(42-40)30-19-21-33-35-23-28-12-6-7-13-29(28)24-38(35)44-37(33)25-30/h1-29H;1-27H;1-25H. The van der Waals surface area contributed by atoms with Crippen molar-refractivity contribution >= 4 is 220 Å². The Kier molecular flexibility index (Phi) is 19.7. The summed E-state index contributed by atoms with van der Waals surface area (Å²) in [6.07, 6.45) is 0. The molecular weight excluding hydrogens is 1760 g/mol. The van der Waals surface area contributed by atoms with Crippen molar-refractivity contribution in [3.05, 3.63) is 491 Å². The lowest BCUT2D eigenvalue weighted by Crippen LogP contribution is -2.14. The number of furan rings is 3. The molecule has 0 atom stereocenters. The Bertz CT molecular complexity index is 10400. The van der Waals surface area contributed by atoms with E-state index in [9.17, 15) is 0 Å². The zero-order valence-corrected chi connectivity index (χ0v) is 77.5. The number of para-hydroxylation sites is 5. The summed E-state index contributed by atoms with van der Waals surface area (Å²) in [7, 11) is 0. The molecule has 7 aromatic heterocycles. The van der Waals surface area contributed by atoms with Gasteiger partial charge in [-0.3, -0.25) is 14.4 Å². The SMILES string of the molecule is c1ccc(-c2cc3c(c4ccccc24)c2c4ccccc4ccc2n3-c2nc(-c3ccc4c(c3)oc3cc5ccccc5cc34)c3ccccc3n2)cc1.c1ccc(-c2ccc(N(c3ccccc3)c3nc(-c4ccc5c(c4)oc4cc6ccccc6cc45)c4ccccc4n3)cc2)cc1.c1ccc(N(c2ccc3ccccc3c2)c2nc(-c3ccc4c(c3)oc3cc5ccccc5cc34)c3ccccc3n2)cc1. The Morgan fingerprint density at radius 1 is 0.174 bits per heavy atom. The zero-order chi connectivity index (χ0) is 94.8. The van der Waals surface area contributed by atoms with Gasteiger partial charge in [0, 0.05) is 98.7 Å². The largest absolute Gasteiger partial charge is 0.456 e. The maximum absolute atomic E-state index is 6.54. The molecule has 12 heteroatoms. The van der Waals surface area contributed by atoms with Crippen molar-refractivity contribution in [2.75, 3.05) is 9.80 Å². The van der Waals surface area contributed by atoms with Crippen LogP contribution in [0.4, 0.5) is 34.6 Å². The van der Waals surface area contributed by atoms with Gasteiger partial charge in [0.2, 0.25) is 17.8 Å². The molecular formula is C132H81N9O3. The van der Waals surface area contributed by atoms with E-state index in [0.29, 0.717) is 17.8 Å². The molecule has 144 heavy (non-hydrogen) atoms. The van der Waals surface area contributed by atoms with Crippen molar-refractivity contribution in [1.29, 1.82) is 0 Å². The van der Waals surface area contributed by atoms with Crippen LogP contribution in [0.15, 0.2) is 505 Å². The highest BCUT2D eigenvalue weighted by atomic mass is 16.3. The first-order valence-corrected chi connectivity index (χ1v) is 48.5. The van der Waals surface area contributed by atoms with Gasteiger partial charge < -0.3 is 13.3 Å². The van der Waals surface area contributed by atoms with Crippen molar-refractivity contribution in [2.24, 2.45) is 0 Å². The van der Waals surface area contributed by atoms with E-state index >= 15 is 0 Å². The molecule has 672 valence electrons. The van der Waals surface area contributed by atoms with E-state index in [2.05, 4.69) is 439 Å². The normalized spacial score (nSPS) is 11.8. The van der Waals surface area contributed by atoms with Gasteiger partial charge in [0.25, 0.3) is 0 Å². The molecule has 12 nitrogen and oxygen atoms in total. The van der Waals surface area contributed by atoms with Crippen LogP contribution >= 0.6 is 0 Å². The molecule has 0 aliphatic rings. The number of aromatic nitrogens is 7. The summed E-state index contributed by atoms with van der Waals surface area (Å²) in [5.74, 6) is 1.84.